The summed E-state index contributed by atoms with van der Waals surface area (Å²) in [6.45, 7) is 8.53. The van der Waals surface area contributed by atoms with E-state index in [9.17, 15) is 4.79 Å². The smallest absolute Gasteiger partial charge is 0.168 e. The number of carbonyl (C=O) groups excluding carboxylic acids is 1. The van der Waals surface area contributed by atoms with E-state index in [2.05, 4.69) is 15.9 Å². The molecule has 0 unspecified atom stereocenters. The average Bonchev–Trinajstić information content (AvgIpc) is 2.31. The number of hydrogen-bond donors (Lipinski definition) is 0. The van der Waals surface area contributed by atoms with Crippen molar-refractivity contribution in [2.75, 3.05) is 6.61 Å². The van der Waals surface area contributed by atoms with Gasteiger partial charge in [-0.05, 0) is 47.5 Å². The van der Waals surface area contributed by atoms with Gasteiger partial charge in [0.15, 0.2) is 5.78 Å². The van der Waals surface area contributed by atoms with Gasteiger partial charge in [0.2, 0.25) is 0 Å². The van der Waals surface area contributed by atoms with E-state index in [1.165, 1.54) is 0 Å². The predicted molar refractivity (Wildman–Crippen MR) is 73.7 cm³/mol. The number of Topliss-reactive ketones (excluding diaryl/α,β-unsaturated/α-hetero) is 1. The van der Waals surface area contributed by atoms with E-state index in [1.54, 1.807) is 0 Å². The maximum atomic E-state index is 12.3. The minimum Gasteiger partial charge on any atom is -0.493 e. The fourth-order valence-electron chi connectivity index (χ4n) is 1.47. The van der Waals surface area contributed by atoms with Crippen molar-refractivity contribution in [2.45, 2.75) is 34.1 Å². The lowest BCUT2D eigenvalue weighted by Gasteiger charge is -2.21. The van der Waals surface area contributed by atoms with Crippen LogP contribution in [0.25, 0.3) is 0 Å². The number of halogens is 1. The first-order valence-electron chi connectivity index (χ1n) is 5.89. The Morgan fingerprint density at radius 2 is 2.00 bits per heavy atom. The quantitative estimate of drug-likeness (QED) is 0.750. The van der Waals surface area contributed by atoms with E-state index in [0.717, 1.165) is 22.2 Å². The van der Waals surface area contributed by atoms with Gasteiger partial charge in [-0.1, -0.05) is 20.8 Å². The van der Waals surface area contributed by atoms with Gasteiger partial charge in [-0.3, -0.25) is 4.79 Å². The number of rotatable bonds is 5. The van der Waals surface area contributed by atoms with Gasteiger partial charge in [0, 0.05) is 11.0 Å². The van der Waals surface area contributed by atoms with E-state index in [-0.39, 0.29) is 11.2 Å². The molecule has 0 amide bonds. The SMILES string of the molecule is CCOc1ccc(C(=O)C(C)(C)CC)cc1Br. The Morgan fingerprint density at radius 1 is 1.35 bits per heavy atom. The van der Waals surface area contributed by atoms with Crippen LogP contribution in [0.2, 0.25) is 0 Å². The van der Waals surface area contributed by atoms with Gasteiger partial charge in [0.25, 0.3) is 0 Å². The van der Waals surface area contributed by atoms with Crippen molar-refractivity contribution in [1.82, 2.24) is 0 Å². The molecule has 0 heterocycles. The summed E-state index contributed by atoms with van der Waals surface area (Å²) in [6.07, 6.45) is 0.830. The molecular weight excluding hydrogens is 280 g/mol. The summed E-state index contributed by atoms with van der Waals surface area (Å²) in [4.78, 5) is 12.3. The Bertz CT molecular complexity index is 411. The summed E-state index contributed by atoms with van der Waals surface area (Å²) >= 11 is 3.43. The topological polar surface area (TPSA) is 26.3 Å². The molecule has 1 rings (SSSR count). The standard InChI is InChI=1S/C14H19BrO2/c1-5-14(3,4)13(16)10-7-8-12(17-6-2)11(15)9-10/h7-9H,5-6H2,1-4H3. The number of benzene rings is 1. The first-order chi connectivity index (χ1) is 7.92. The van der Waals surface area contributed by atoms with E-state index in [0.29, 0.717) is 6.61 Å². The van der Waals surface area contributed by atoms with Crippen molar-refractivity contribution >= 4 is 21.7 Å². The van der Waals surface area contributed by atoms with E-state index >= 15 is 0 Å². The molecule has 3 heteroatoms. The molecule has 0 aliphatic rings. The van der Waals surface area contributed by atoms with Crippen molar-refractivity contribution in [2.24, 2.45) is 5.41 Å². The lowest BCUT2D eigenvalue weighted by atomic mass is 9.82. The monoisotopic (exact) mass is 298 g/mol. The van der Waals surface area contributed by atoms with Crippen LogP contribution in [0.5, 0.6) is 5.75 Å². The molecule has 17 heavy (non-hydrogen) atoms. The van der Waals surface area contributed by atoms with Gasteiger partial charge < -0.3 is 4.74 Å². The highest BCUT2D eigenvalue weighted by molar-refractivity contribution is 9.10. The summed E-state index contributed by atoms with van der Waals surface area (Å²) in [5.74, 6) is 0.946. The molecule has 0 atom stereocenters. The highest BCUT2D eigenvalue weighted by Crippen LogP contribution is 2.30. The fraction of sp³-hybridized carbons (Fsp3) is 0.500. The van der Waals surface area contributed by atoms with E-state index in [4.69, 9.17) is 4.74 Å². The van der Waals surface area contributed by atoms with Crippen molar-refractivity contribution < 1.29 is 9.53 Å². The third-order valence-electron chi connectivity index (χ3n) is 2.99. The lowest BCUT2D eigenvalue weighted by Crippen LogP contribution is -2.23. The van der Waals surface area contributed by atoms with Crippen LogP contribution in [0.3, 0.4) is 0 Å². The molecule has 0 radical (unpaired) electrons. The van der Waals surface area contributed by atoms with Crippen LogP contribution in [0.4, 0.5) is 0 Å². The molecule has 0 spiro atoms. The molecule has 0 aliphatic carbocycles. The minimum absolute atomic E-state index is 0.170. The fourth-order valence-corrected chi connectivity index (χ4v) is 1.96. The second-order valence-corrected chi connectivity index (χ2v) is 5.50. The first kappa shape index (κ1) is 14.2. The van der Waals surface area contributed by atoms with Crippen molar-refractivity contribution in [3.8, 4) is 5.75 Å². The van der Waals surface area contributed by atoms with Gasteiger partial charge in [-0.25, -0.2) is 0 Å². The predicted octanol–water partition coefficient (Wildman–Crippen LogP) is 4.47. The van der Waals surface area contributed by atoms with Gasteiger partial charge in [-0.2, -0.15) is 0 Å². The molecule has 2 nitrogen and oxygen atoms in total. The van der Waals surface area contributed by atoms with Crippen LogP contribution in [0, 0.1) is 5.41 Å². The Hall–Kier alpha value is -0.830. The summed E-state index contributed by atoms with van der Waals surface area (Å²) < 4.78 is 6.26. The Morgan fingerprint density at radius 3 is 2.47 bits per heavy atom. The lowest BCUT2D eigenvalue weighted by molar-refractivity contribution is 0.0833. The second-order valence-electron chi connectivity index (χ2n) is 4.64. The minimum atomic E-state index is -0.313. The van der Waals surface area contributed by atoms with Gasteiger partial charge >= 0.3 is 0 Å². The molecule has 1 aromatic rings. The summed E-state index contributed by atoms with van der Waals surface area (Å²) in [5, 5.41) is 0. The van der Waals surface area contributed by atoms with E-state index in [1.807, 2.05) is 45.9 Å². The summed E-state index contributed by atoms with van der Waals surface area (Å²) in [7, 11) is 0. The first-order valence-corrected chi connectivity index (χ1v) is 6.68. The largest absolute Gasteiger partial charge is 0.493 e. The highest BCUT2D eigenvalue weighted by atomic mass is 79.9. The molecule has 0 N–H and O–H groups in total. The highest BCUT2D eigenvalue weighted by Gasteiger charge is 2.26. The van der Waals surface area contributed by atoms with Gasteiger partial charge in [0.05, 0.1) is 11.1 Å². The third-order valence-corrected chi connectivity index (χ3v) is 3.61. The third kappa shape index (κ3) is 3.32. The van der Waals surface area contributed by atoms with Crippen molar-refractivity contribution in [3.63, 3.8) is 0 Å². The molecule has 0 bridgehead atoms. The maximum absolute atomic E-state index is 12.3. The molecular formula is C14H19BrO2. The normalized spacial score (nSPS) is 11.4. The molecule has 94 valence electrons. The second kappa shape index (κ2) is 5.67. The van der Waals surface area contributed by atoms with Crippen LogP contribution in [0.15, 0.2) is 22.7 Å². The summed E-state index contributed by atoms with van der Waals surface area (Å²) in [6, 6.07) is 5.51. The Balaban J connectivity index is 3.02. The maximum Gasteiger partial charge on any atom is 0.168 e. The molecule has 0 fully saturated rings. The summed E-state index contributed by atoms with van der Waals surface area (Å²) in [5.41, 5.74) is 0.416. The average molecular weight is 299 g/mol. The zero-order valence-corrected chi connectivity index (χ0v) is 12.4. The van der Waals surface area contributed by atoms with E-state index < -0.39 is 0 Å². The van der Waals surface area contributed by atoms with Crippen LogP contribution in [-0.2, 0) is 0 Å². The zero-order valence-electron chi connectivity index (χ0n) is 10.8. The van der Waals surface area contributed by atoms with Gasteiger partial charge in [0.1, 0.15) is 5.75 Å². The molecule has 1 aromatic carbocycles. The number of hydrogen-bond acceptors (Lipinski definition) is 2. The van der Waals surface area contributed by atoms with Gasteiger partial charge in [-0.15, -0.1) is 0 Å². The number of ether oxygens (including phenoxy) is 1. The number of carbonyl (C=O) groups is 1. The van der Waals surface area contributed by atoms with Crippen LogP contribution in [0.1, 0.15) is 44.5 Å². The zero-order chi connectivity index (χ0) is 13.1. The molecule has 0 saturated heterocycles. The van der Waals surface area contributed by atoms with Crippen LogP contribution < -0.4 is 4.74 Å². The van der Waals surface area contributed by atoms with Crippen molar-refractivity contribution in [1.29, 1.82) is 0 Å². The molecule has 0 aliphatic heterocycles. The van der Waals surface area contributed by atoms with Crippen molar-refractivity contribution in [3.05, 3.63) is 28.2 Å². The van der Waals surface area contributed by atoms with Crippen LogP contribution in [-0.4, -0.2) is 12.4 Å². The molecule has 0 aromatic heterocycles. The number of ketones is 1. The van der Waals surface area contributed by atoms with Crippen LogP contribution >= 0.6 is 15.9 Å². The Labute approximate surface area is 111 Å². The Kier molecular flexibility index (Phi) is 4.75. The molecule has 0 saturated carbocycles.